The van der Waals surface area contributed by atoms with E-state index >= 15 is 0 Å². The van der Waals surface area contributed by atoms with E-state index in [0.29, 0.717) is 32.5 Å². The lowest BCUT2D eigenvalue weighted by Crippen LogP contribution is -2.36. The van der Waals surface area contributed by atoms with E-state index in [1.54, 1.807) is 11.8 Å². The maximum Gasteiger partial charge on any atom is 0.416 e. The second-order valence-corrected chi connectivity index (χ2v) is 8.56. The smallest absolute Gasteiger partial charge is 0.369 e. The van der Waals surface area contributed by atoms with E-state index in [2.05, 4.69) is 17.3 Å². The molecule has 1 aromatic carbocycles. The van der Waals surface area contributed by atoms with Crippen LogP contribution in [-0.4, -0.2) is 52.4 Å². The number of carbonyl (C=O) groups excluding carboxylic acids is 1. The molecule has 4 rings (SSSR count). The van der Waals surface area contributed by atoms with E-state index in [0.717, 1.165) is 60.0 Å². The van der Waals surface area contributed by atoms with Gasteiger partial charge in [0, 0.05) is 32.0 Å². The van der Waals surface area contributed by atoms with Gasteiger partial charge in [-0.3, -0.25) is 9.69 Å². The van der Waals surface area contributed by atoms with Gasteiger partial charge in [0.25, 0.3) is 0 Å². The standard InChI is InChI=1S/C23H28F3N5O/c1-15(32)31-13-10-19-18(14-31)21(29-22(28-19)20-4-3-12-30(20)2)27-11-9-16-5-7-17(8-6-16)23(24,25)26/h5-8,20H,3-4,9-14H2,1-2H3,(H,27,28,29)/t20-/m1/s1. The Labute approximate surface area is 185 Å². The van der Waals surface area contributed by atoms with Crippen LogP contribution in [0.4, 0.5) is 19.0 Å². The molecule has 3 heterocycles. The number of benzene rings is 1. The summed E-state index contributed by atoms with van der Waals surface area (Å²) in [4.78, 5) is 25.7. The molecule has 32 heavy (non-hydrogen) atoms. The average molecular weight is 448 g/mol. The summed E-state index contributed by atoms with van der Waals surface area (Å²) in [5, 5.41) is 3.37. The van der Waals surface area contributed by atoms with Crippen molar-refractivity contribution < 1.29 is 18.0 Å². The molecule has 1 atom stereocenters. The van der Waals surface area contributed by atoms with Crippen molar-refractivity contribution in [3.05, 3.63) is 52.5 Å². The molecular weight excluding hydrogens is 419 g/mol. The minimum absolute atomic E-state index is 0.0194. The molecule has 0 saturated carbocycles. The molecule has 2 aromatic rings. The molecule has 0 spiro atoms. The van der Waals surface area contributed by atoms with Gasteiger partial charge < -0.3 is 10.2 Å². The molecule has 1 N–H and O–H groups in total. The number of amides is 1. The molecule has 9 heteroatoms. The number of hydrogen-bond donors (Lipinski definition) is 1. The highest BCUT2D eigenvalue weighted by Crippen LogP contribution is 2.32. The number of rotatable bonds is 5. The predicted molar refractivity (Wildman–Crippen MR) is 115 cm³/mol. The van der Waals surface area contributed by atoms with Gasteiger partial charge in [-0.25, -0.2) is 9.97 Å². The van der Waals surface area contributed by atoms with Gasteiger partial charge in [0.15, 0.2) is 0 Å². The van der Waals surface area contributed by atoms with E-state index < -0.39 is 11.7 Å². The maximum absolute atomic E-state index is 12.8. The largest absolute Gasteiger partial charge is 0.416 e. The second-order valence-electron chi connectivity index (χ2n) is 8.56. The van der Waals surface area contributed by atoms with Crippen molar-refractivity contribution in [2.75, 3.05) is 32.0 Å². The van der Waals surface area contributed by atoms with Crippen LogP contribution in [-0.2, 0) is 30.4 Å². The number of nitrogens with zero attached hydrogens (tertiary/aromatic N) is 4. The van der Waals surface area contributed by atoms with Crippen LogP contribution in [0.15, 0.2) is 24.3 Å². The first-order chi connectivity index (χ1) is 15.2. The Kier molecular flexibility index (Phi) is 6.37. The number of nitrogens with one attached hydrogen (secondary N) is 1. The maximum atomic E-state index is 12.8. The number of halogens is 3. The summed E-state index contributed by atoms with van der Waals surface area (Å²) in [6.07, 6.45) is -0.958. The number of anilines is 1. The molecule has 0 unspecified atom stereocenters. The van der Waals surface area contributed by atoms with Crippen molar-refractivity contribution >= 4 is 11.7 Å². The van der Waals surface area contributed by atoms with Gasteiger partial charge in [-0.2, -0.15) is 13.2 Å². The molecule has 1 amide bonds. The van der Waals surface area contributed by atoms with E-state index in [9.17, 15) is 18.0 Å². The summed E-state index contributed by atoms with van der Waals surface area (Å²) in [5.41, 5.74) is 2.08. The Balaban J connectivity index is 1.52. The number of aromatic nitrogens is 2. The van der Waals surface area contributed by atoms with Gasteiger partial charge in [-0.15, -0.1) is 0 Å². The monoisotopic (exact) mass is 447 g/mol. The third-order valence-corrected chi connectivity index (χ3v) is 6.33. The summed E-state index contributed by atoms with van der Waals surface area (Å²) in [7, 11) is 2.08. The van der Waals surface area contributed by atoms with Gasteiger partial charge in [-0.1, -0.05) is 12.1 Å². The van der Waals surface area contributed by atoms with E-state index in [1.165, 1.54) is 12.1 Å². The highest BCUT2D eigenvalue weighted by Gasteiger charge is 2.31. The number of carbonyl (C=O) groups is 1. The summed E-state index contributed by atoms with van der Waals surface area (Å²) >= 11 is 0. The lowest BCUT2D eigenvalue weighted by molar-refractivity contribution is -0.137. The van der Waals surface area contributed by atoms with Crippen LogP contribution in [0, 0.1) is 0 Å². The van der Waals surface area contributed by atoms with Crippen molar-refractivity contribution in [1.29, 1.82) is 0 Å². The number of hydrogen-bond acceptors (Lipinski definition) is 5. The van der Waals surface area contributed by atoms with Crippen LogP contribution in [0.2, 0.25) is 0 Å². The molecule has 0 radical (unpaired) electrons. The fourth-order valence-electron chi connectivity index (χ4n) is 4.42. The van der Waals surface area contributed by atoms with Gasteiger partial charge in [0.05, 0.1) is 23.8 Å². The normalized spacial score (nSPS) is 19.2. The van der Waals surface area contributed by atoms with Crippen molar-refractivity contribution in [3.8, 4) is 0 Å². The fourth-order valence-corrected chi connectivity index (χ4v) is 4.42. The number of likely N-dealkylation sites (tertiary alicyclic amines) is 1. The molecule has 1 saturated heterocycles. The first kappa shape index (κ1) is 22.5. The SMILES string of the molecule is CC(=O)N1CCc2nc([C@H]3CCCN3C)nc(NCCc3ccc(C(F)(F)F)cc3)c2C1. The number of alkyl halides is 3. The topological polar surface area (TPSA) is 61.4 Å². The second kappa shape index (κ2) is 9.05. The molecule has 1 aromatic heterocycles. The Hall–Kier alpha value is -2.68. The zero-order valence-electron chi connectivity index (χ0n) is 18.4. The van der Waals surface area contributed by atoms with Gasteiger partial charge >= 0.3 is 6.18 Å². The predicted octanol–water partition coefficient (Wildman–Crippen LogP) is 3.82. The quantitative estimate of drug-likeness (QED) is 0.755. The molecule has 1 fully saturated rings. The van der Waals surface area contributed by atoms with Crippen LogP contribution < -0.4 is 5.32 Å². The van der Waals surface area contributed by atoms with Gasteiger partial charge in [0.2, 0.25) is 5.91 Å². The zero-order valence-corrected chi connectivity index (χ0v) is 18.4. The van der Waals surface area contributed by atoms with Crippen molar-refractivity contribution in [2.45, 2.75) is 51.4 Å². The van der Waals surface area contributed by atoms with E-state index in [-0.39, 0.29) is 11.9 Å². The van der Waals surface area contributed by atoms with Crippen LogP contribution in [0.25, 0.3) is 0 Å². The molecule has 6 nitrogen and oxygen atoms in total. The Morgan fingerprint density at radius 3 is 2.56 bits per heavy atom. The zero-order chi connectivity index (χ0) is 22.9. The Morgan fingerprint density at radius 2 is 1.94 bits per heavy atom. The molecule has 0 aliphatic carbocycles. The molecule has 0 bridgehead atoms. The summed E-state index contributed by atoms with van der Waals surface area (Å²) in [5.74, 6) is 1.55. The Morgan fingerprint density at radius 1 is 1.19 bits per heavy atom. The van der Waals surface area contributed by atoms with Crippen molar-refractivity contribution in [3.63, 3.8) is 0 Å². The summed E-state index contributed by atoms with van der Waals surface area (Å²) in [6.45, 7) is 4.21. The third-order valence-electron chi connectivity index (χ3n) is 6.33. The summed E-state index contributed by atoms with van der Waals surface area (Å²) in [6, 6.07) is 5.43. The fraction of sp³-hybridized carbons (Fsp3) is 0.522. The lowest BCUT2D eigenvalue weighted by Gasteiger charge is -2.30. The number of fused-ring (bicyclic) bond motifs is 1. The highest BCUT2D eigenvalue weighted by atomic mass is 19.4. The first-order valence-corrected chi connectivity index (χ1v) is 11.0. The van der Waals surface area contributed by atoms with E-state index in [1.807, 2.05) is 0 Å². The van der Waals surface area contributed by atoms with Crippen LogP contribution >= 0.6 is 0 Å². The van der Waals surface area contributed by atoms with Crippen LogP contribution in [0.1, 0.15) is 54.0 Å². The minimum atomic E-state index is -4.33. The Bertz CT molecular complexity index is 977. The molecular formula is C23H28F3N5O. The van der Waals surface area contributed by atoms with Crippen molar-refractivity contribution in [2.24, 2.45) is 0 Å². The van der Waals surface area contributed by atoms with E-state index in [4.69, 9.17) is 9.97 Å². The summed E-state index contributed by atoms with van der Waals surface area (Å²) < 4.78 is 38.3. The van der Waals surface area contributed by atoms with Gasteiger partial charge in [0.1, 0.15) is 11.6 Å². The first-order valence-electron chi connectivity index (χ1n) is 11.0. The average Bonchev–Trinajstić information content (AvgIpc) is 3.18. The van der Waals surface area contributed by atoms with Crippen LogP contribution in [0.5, 0.6) is 0 Å². The lowest BCUT2D eigenvalue weighted by atomic mass is 10.0. The molecule has 2 aliphatic rings. The minimum Gasteiger partial charge on any atom is -0.369 e. The molecule has 2 aliphatic heterocycles. The third kappa shape index (κ3) is 4.87. The van der Waals surface area contributed by atoms with Crippen molar-refractivity contribution in [1.82, 2.24) is 19.8 Å². The van der Waals surface area contributed by atoms with Gasteiger partial charge in [-0.05, 0) is 50.6 Å². The highest BCUT2D eigenvalue weighted by molar-refractivity contribution is 5.74. The van der Waals surface area contributed by atoms with Crippen LogP contribution in [0.3, 0.4) is 0 Å². The molecule has 172 valence electrons.